The molecule has 5 heteroatoms. The highest BCUT2D eigenvalue weighted by Crippen LogP contribution is 2.11. The van der Waals surface area contributed by atoms with Gasteiger partial charge in [-0.3, -0.25) is 14.5 Å². The van der Waals surface area contributed by atoms with Gasteiger partial charge in [0, 0.05) is 23.3 Å². The second kappa shape index (κ2) is 8.63. The quantitative estimate of drug-likeness (QED) is 0.838. The molecule has 0 saturated carbocycles. The highest BCUT2D eigenvalue weighted by Gasteiger charge is 2.15. The van der Waals surface area contributed by atoms with Gasteiger partial charge in [-0.15, -0.1) is 0 Å². The maximum atomic E-state index is 12.3. The number of hydrogen-bond donors (Lipinski definition) is 2. The number of amides is 2. The van der Waals surface area contributed by atoms with Crippen molar-refractivity contribution in [3.05, 3.63) is 65.7 Å². The van der Waals surface area contributed by atoms with Crippen molar-refractivity contribution in [1.29, 1.82) is 0 Å². The second-order valence-corrected chi connectivity index (χ2v) is 7.49. The van der Waals surface area contributed by atoms with Crippen molar-refractivity contribution < 1.29 is 9.59 Å². The Labute approximate surface area is 155 Å². The van der Waals surface area contributed by atoms with Crippen LogP contribution in [0.3, 0.4) is 0 Å². The number of benzene rings is 2. The van der Waals surface area contributed by atoms with Crippen molar-refractivity contribution >= 4 is 17.5 Å². The summed E-state index contributed by atoms with van der Waals surface area (Å²) >= 11 is 0. The minimum absolute atomic E-state index is 0.00106. The molecule has 2 aromatic rings. The summed E-state index contributed by atoms with van der Waals surface area (Å²) < 4.78 is 0. The summed E-state index contributed by atoms with van der Waals surface area (Å²) in [6.07, 6.45) is 0. The Balaban J connectivity index is 1.88. The number of nitrogens with zero attached hydrogens (tertiary/aromatic N) is 1. The Kier molecular flexibility index (Phi) is 6.52. The Morgan fingerprint density at radius 1 is 0.962 bits per heavy atom. The zero-order chi connectivity index (χ0) is 19.2. The molecule has 5 nitrogen and oxygen atoms in total. The van der Waals surface area contributed by atoms with Crippen LogP contribution in [-0.2, 0) is 11.3 Å². The maximum Gasteiger partial charge on any atom is 0.255 e. The Hall–Kier alpha value is -2.66. The van der Waals surface area contributed by atoms with Gasteiger partial charge < -0.3 is 10.6 Å². The van der Waals surface area contributed by atoms with Gasteiger partial charge in [0.2, 0.25) is 5.91 Å². The van der Waals surface area contributed by atoms with E-state index in [4.69, 9.17) is 0 Å². The van der Waals surface area contributed by atoms with Gasteiger partial charge in [-0.05, 0) is 57.6 Å². The van der Waals surface area contributed by atoms with Crippen LogP contribution in [0.2, 0.25) is 0 Å². The van der Waals surface area contributed by atoms with Gasteiger partial charge in [-0.2, -0.15) is 0 Å². The first kappa shape index (κ1) is 19.7. The van der Waals surface area contributed by atoms with E-state index in [1.807, 2.05) is 75.2 Å². The Morgan fingerprint density at radius 2 is 1.58 bits per heavy atom. The van der Waals surface area contributed by atoms with Crippen LogP contribution in [0, 0.1) is 0 Å². The fraction of sp³-hybridized carbons (Fsp3) is 0.333. The van der Waals surface area contributed by atoms with Crippen LogP contribution in [0.5, 0.6) is 0 Å². The van der Waals surface area contributed by atoms with Crippen LogP contribution in [-0.4, -0.2) is 35.8 Å². The van der Waals surface area contributed by atoms with Gasteiger partial charge in [0.1, 0.15) is 0 Å². The predicted molar refractivity (Wildman–Crippen MR) is 105 cm³/mol. The number of carbonyl (C=O) groups is 2. The fourth-order valence-corrected chi connectivity index (χ4v) is 2.56. The van der Waals surface area contributed by atoms with Gasteiger partial charge in [0.05, 0.1) is 6.54 Å². The molecule has 0 unspecified atom stereocenters. The third kappa shape index (κ3) is 6.69. The van der Waals surface area contributed by atoms with Crippen LogP contribution in [0.4, 0.5) is 5.69 Å². The number of likely N-dealkylation sites (N-methyl/N-ethyl adjacent to an activating group) is 1. The van der Waals surface area contributed by atoms with Crippen LogP contribution in [0.15, 0.2) is 54.6 Å². The van der Waals surface area contributed by atoms with Gasteiger partial charge in [-0.1, -0.05) is 30.3 Å². The average molecular weight is 353 g/mol. The van der Waals surface area contributed by atoms with E-state index in [0.717, 1.165) is 11.3 Å². The van der Waals surface area contributed by atoms with Crippen molar-refractivity contribution in [2.75, 3.05) is 18.9 Å². The number of carbonyl (C=O) groups excluding carboxylic acids is 2. The molecule has 0 atom stereocenters. The zero-order valence-electron chi connectivity index (χ0n) is 15.9. The summed E-state index contributed by atoms with van der Waals surface area (Å²) in [5.74, 6) is -0.139. The number of rotatable bonds is 6. The molecule has 138 valence electrons. The van der Waals surface area contributed by atoms with Gasteiger partial charge in [0.15, 0.2) is 0 Å². The minimum atomic E-state index is -0.230. The molecule has 2 rings (SSSR count). The molecule has 0 fully saturated rings. The second-order valence-electron chi connectivity index (χ2n) is 7.49. The van der Waals surface area contributed by atoms with E-state index >= 15 is 0 Å². The summed E-state index contributed by atoms with van der Waals surface area (Å²) in [5.41, 5.74) is 2.19. The first-order chi connectivity index (χ1) is 12.2. The van der Waals surface area contributed by atoms with Crippen LogP contribution < -0.4 is 10.6 Å². The normalized spacial score (nSPS) is 11.3. The number of nitrogens with one attached hydrogen (secondary N) is 2. The third-order valence-electron chi connectivity index (χ3n) is 3.63. The van der Waals surface area contributed by atoms with E-state index in [1.165, 1.54) is 0 Å². The lowest BCUT2D eigenvalue weighted by atomic mass is 10.1. The molecule has 0 aliphatic carbocycles. The molecular weight excluding hydrogens is 326 g/mol. The molecule has 0 aliphatic rings. The summed E-state index contributed by atoms with van der Waals surface area (Å²) in [4.78, 5) is 26.2. The molecule has 0 bridgehead atoms. The summed E-state index contributed by atoms with van der Waals surface area (Å²) in [7, 11) is 1.90. The molecule has 0 saturated heterocycles. The minimum Gasteiger partial charge on any atom is -0.350 e. The summed E-state index contributed by atoms with van der Waals surface area (Å²) in [6, 6.07) is 16.8. The van der Waals surface area contributed by atoms with Crippen molar-refractivity contribution in [2.45, 2.75) is 32.9 Å². The van der Waals surface area contributed by atoms with Crippen molar-refractivity contribution in [3.63, 3.8) is 0 Å². The van der Waals surface area contributed by atoms with E-state index in [0.29, 0.717) is 18.7 Å². The van der Waals surface area contributed by atoms with E-state index in [2.05, 4.69) is 10.6 Å². The smallest absolute Gasteiger partial charge is 0.255 e. The standard InChI is InChI=1S/C21H27N3O2/c1-21(2,3)23-19(25)15-24(4)14-16-10-12-17(13-11-16)20(26)22-18-8-6-5-7-9-18/h5-13H,14-15H2,1-4H3,(H,22,26)(H,23,25). The molecule has 2 aromatic carbocycles. The Morgan fingerprint density at radius 3 is 2.15 bits per heavy atom. The van der Waals surface area contributed by atoms with Crippen molar-refractivity contribution in [2.24, 2.45) is 0 Å². The van der Waals surface area contributed by atoms with Crippen molar-refractivity contribution in [3.8, 4) is 0 Å². The molecule has 2 amide bonds. The number of hydrogen-bond acceptors (Lipinski definition) is 3. The van der Waals surface area contributed by atoms with E-state index in [1.54, 1.807) is 12.1 Å². The monoisotopic (exact) mass is 353 g/mol. The third-order valence-corrected chi connectivity index (χ3v) is 3.63. The number of para-hydroxylation sites is 1. The van der Waals surface area contributed by atoms with E-state index in [9.17, 15) is 9.59 Å². The molecule has 26 heavy (non-hydrogen) atoms. The lowest BCUT2D eigenvalue weighted by Gasteiger charge is -2.23. The lowest BCUT2D eigenvalue weighted by molar-refractivity contribution is -0.123. The van der Waals surface area contributed by atoms with Gasteiger partial charge in [0.25, 0.3) is 5.91 Å². The summed E-state index contributed by atoms with van der Waals surface area (Å²) in [5, 5.41) is 5.81. The van der Waals surface area contributed by atoms with Crippen molar-refractivity contribution in [1.82, 2.24) is 10.2 Å². The number of anilines is 1. The highest BCUT2D eigenvalue weighted by molar-refractivity contribution is 6.04. The largest absolute Gasteiger partial charge is 0.350 e. The van der Waals surface area contributed by atoms with Gasteiger partial charge in [-0.25, -0.2) is 0 Å². The van der Waals surface area contributed by atoms with E-state index in [-0.39, 0.29) is 17.4 Å². The molecule has 0 aromatic heterocycles. The molecular formula is C21H27N3O2. The molecule has 0 radical (unpaired) electrons. The lowest BCUT2D eigenvalue weighted by Crippen LogP contribution is -2.45. The zero-order valence-corrected chi connectivity index (χ0v) is 15.9. The topological polar surface area (TPSA) is 61.4 Å². The van der Waals surface area contributed by atoms with Crippen LogP contribution in [0.25, 0.3) is 0 Å². The molecule has 0 aliphatic heterocycles. The predicted octanol–water partition coefficient (Wildman–Crippen LogP) is 3.29. The average Bonchev–Trinajstić information content (AvgIpc) is 2.54. The molecule has 0 spiro atoms. The van der Waals surface area contributed by atoms with E-state index < -0.39 is 0 Å². The first-order valence-electron chi connectivity index (χ1n) is 8.68. The van der Waals surface area contributed by atoms with Crippen LogP contribution in [0.1, 0.15) is 36.7 Å². The first-order valence-corrected chi connectivity index (χ1v) is 8.68. The molecule has 2 N–H and O–H groups in total. The highest BCUT2D eigenvalue weighted by atomic mass is 16.2. The maximum absolute atomic E-state index is 12.3. The van der Waals surface area contributed by atoms with Crippen LogP contribution >= 0.6 is 0 Å². The molecule has 0 heterocycles. The van der Waals surface area contributed by atoms with Gasteiger partial charge >= 0.3 is 0 Å². The SMILES string of the molecule is CN(CC(=O)NC(C)(C)C)Cc1ccc(C(=O)Nc2ccccc2)cc1. The Bertz CT molecular complexity index is 734. The fourth-order valence-electron chi connectivity index (χ4n) is 2.56. The summed E-state index contributed by atoms with van der Waals surface area (Å²) in [6.45, 7) is 6.85.